The maximum absolute atomic E-state index is 12.4. The van der Waals surface area contributed by atoms with E-state index in [1.165, 1.54) is 18.1 Å². The van der Waals surface area contributed by atoms with Crippen molar-refractivity contribution >= 4 is 11.9 Å². The number of nitrogens with one attached hydrogen (secondary N) is 1. The predicted octanol–water partition coefficient (Wildman–Crippen LogP) is -0.425. The largest absolute Gasteiger partial charge is 0.481 e. The van der Waals surface area contributed by atoms with Crippen LogP contribution in [0.1, 0.15) is 25.3 Å². The third kappa shape index (κ3) is 3.52. The first-order valence-corrected chi connectivity index (χ1v) is 7.63. The van der Waals surface area contributed by atoms with Crippen LogP contribution in [0.5, 0.6) is 0 Å². The molecule has 1 aliphatic heterocycles. The number of carboxylic acids is 1. The summed E-state index contributed by atoms with van der Waals surface area (Å²) < 4.78 is 0.909. The maximum Gasteiger partial charge on any atom is 0.328 e. The fourth-order valence-corrected chi connectivity index (χ4v) is 3.03. The molecule has 126 valence electrons. The zero-order valence-electron chi connectivity index (χ0n) is 13.2. The van der Waals surface area contributed by atoms with Crippen molar-refractivity contribution in [2.45, 2.75) is 26.2 Å². The van der Waals surface area contributed by atoms with Crippen molar-refractivity contribution in [3.05, 3.63) is 32.6 Å². The van der Waals surface area contributed by atoms with Gasteiger partial charge >= 0.3 is 11.7 Å². The van der Waals surface area contributed by atoms with Crippen molar-refractivity contribution in [1.29, 1.82) is 0 Å². The molecule has 0 aromatic carbocycles. The summed E-state index contributed by atoms with van der Waals surface area (Å²) in [5, 5.41) is 9.28. The van der Waals surface area contributed by atoms with Crippen LogP contribution < -0.4 is 11.2 Å². The average Bonchev–Trinajstić information content (AvgIpc) is 2.92. The second kappa shape index (κ2) is 6.80. The molecule has 1 aromatic heterocycles. The molecule has 23 heavy (non-hydrogen) atoms. The third-order valence-electron chi connectivity index (χ3n) is 4.37. The molecule has 1 aromatic rings. The second-order valence-electron chi connectivity index (χ2n) is 5.95. The van der Waals surface area contributed by atoms with E-state index in [4.69, 9.17) is 0 Å². The first kappa shape index (κ1) is 17.0. The van der Waals surface area contributed by atoms with Gasteiger partial charge in [0, 0.05) is 31.9 Å². The van der Waals surface area contributed by atoms with E-state index < -0.39 is 23.1 Å². The zero-order chi connectivity index (χ0) is 17.1. The first-order chi connectivity index (χ1) is 10.8. The summed E-state index contributed by atoms with van der Waals surface area (Å²) in [7, 11) is 1.34. The first-order valence-electron chi connectivity index (χ1n) is 7.63. The summed E-state index contributed by atoms with van der Waals surface area (Å²) in [6, 6.07) is 0. The minimum atomic E-state index is -0.890. The van der Waals surface area contributed by atoms with Crippen LogP contribution in [0.25, 0.3) is 0 Å². The van der Waals surface area contributed by atoms with Gasteiger partial charge in [-0.3, -0.25) is 19.0 Å². The number of hydrogen-bond donors (Lipinski definition) is 2. The Kier molecular flexibility index (Phi) is 5.02. The molecule has 0 unspecified atom stereocenters. The van der Waals surface area contributed by atoms with Crippen LogP contribution in [0.3, 0.4) is 0 Å². The number of aromatic nitrogens is 2. The predicted molar refractivity (Wildman–Crippen MR) is 82.1 cm³/mol. The standard InChI is InChI=1S/C15H21N3O5/c1-3-4-9-7-18(8-11(9)14(21)22)12(19)5-10-6-16-15(23)17(2)13(10)20/h6,9,11H,3-5,7-8H2,1-2H3,(H,16,23)(H,21,22)/t9-,11-/m1/s1. The van der Waals surface area contributed by atoms with Crippen molar-refractivity contribution < 1.29 is 14.7 Å². The molecular formula is C15H21N3O5. The third-order valence-corrected chi connectivity index (χ3v) is 4.37. The molecule has 2 rings (SSSR count). The summed E-state index contributed by atoms with van der Waals surface area (Å²) in [6.07, 6.45) is 2.71. The molecule has 2 heterocycles. The van der Waals surface area contributed by atoms with Crippen LogP contribution in [0.2, 0.25) is 0 Å². The normalized spacial score (nSPS) is 20.7. The molecule has 0 radical (unpaired) electrons. The molecule has 0 spiro atoms. The van der Waals surface area contributed by atoms with Crippen LogP contribution in [0.4, 0.5) is 0 Å². The maximum atomic E-state index is 12.4. The van der Waals surface area contributed by atoms with Gasteiger partial charge in [0.05, 0.1) is 12.3 Å². The number of likely N-dealkylation sites (tertiary alicyclic amines) is 1. The Morgan fingerprint density at radius 2 is 2.04 bits per heavy atom. The van der Waals surface area contributed by atoms with Gasteiger partial charge < -0.3 is 15.0 Å². The number of carbonyl (C=O) groups excluding carboxylic acids is 1. The van der Waals surface area contributed by atoms with Gasteiger partial charge in [-0.25, -0.2) is 4.79 Å². The summed E-state index contributed by atoms with van der Waals surface area (Å²) in [4.78, 5) is 50.9. The highest BCUT2D eigenvalue weighted by molar-refractivity contribution is 5.80. The molecule has 2 atom stereocenters. The molecule has 0 saturated carbocycles. The van der Waals surface area contributed by atoms with Crippen molar-refractivity contribution in [3.63, 3.8) is 0 Å². The zero-order valence-corrected chi connectivity index (χ0v) is 13.2. The summed E-state index contributed by atoms with van der Waals surface area (Å²) in [5.74, 6) is -1.80. The lowest BCUT2D eigenvalue weighted by atomic mass is 9.92. The minimum absolute atomic E-state index is 0.0557. The Morgan fingerprint density at radius 1 is 1.35 bits per heavy atom. The van der Waals surface area contributed by atoms with Crippen LogP contribution in [0, 0.1) is 11.8 Å². The van der Waals surface area contributed by atoms with E-state index in [9.17, 15) is 24.3 Å². The summed E-state index contributed by atoms with van der Waals surface area (Å²) in [5.41, 5.74) is -0.856. The smallest absolute Gasteiger partial charge is 0.328 e. The van der Waals surface area contributed by atoms with E-state index in [0.717, 1.165) is 17.4 Å². The van der Waals surface area contributed by atoms with E-state index in [-0.39, 0.29) is 30.4 Å². The van der Waals surface area contributed by atoms with Gasteiger partial charge in [-0.15, -0.1) is 0 Å². The number of aliphatic carboxylic acids is 1. The van der Waals surface area contributed by atoms with Crippen molar-refractivity contribution in [1.82, 2.24) is 14.5 Å². The molecule has 0 bridgehead atoms. The topological polar surface area (TPSA) is 112 Å². The Bertz CT molecular complexity index is 721. The molecule has 1 aliphatic rings. The lowest BCUT2D eigenvalue weighted by molar-refractivity contribution is -0.142. The highest BCUT2D eigenvalue weighted by Crippen LogP contribution is 2.28. The van der Waals surface area contributed by atoms with Gasteiger partial charge in [0.25, 0.3) is 5.56 Å². The Hall–Kier alpha value is -2.38. The number of aromatic amines is 1. The van der Waals surface area contributed by atoms with Gasteiger partial charge in [-0.05, 0) is 12.3 Å². The van der Waals surface area contributed by atoms with E-state index in [1.54, 1.807) is 0 Å². The van der Waals surface area contributed by atoms with Crippen molar-refractivity contribution in [2.24, 2.45) is 18.9 Å². The SMILES string of the molecule is CCC[C@@H]1CN(C(=O)Cc2c[nH]c(=O)n(C)c2=O)C[C@H]1C(=O)O. The van der Waals surface area contributed by atoms with Crippen LogP contribution in [0.15, 0.2) is 15.8 Å². The molecular weight excluding hydrogens is 302 g/mol. The van der Waals surface area contributed by atoms with Crippen molar-refractivity contribution in [3.8, 4) is 0 Å². The van der Waals surface area contributed by atoms with E-state index in [0.29, 0.717) is 6.54 Å². The fraction of sp³-hybridized carbons (Fsp3) is 0.600. The quantitative estimate of drug-likeness (QED) is 0.764. The van der Waals surface area contributed by atoms with Gasteiger partial charge in [0.2, 0.25) is 5.91 Å². The molecule has 8 heteroatoms. The number of rotatable bonds is 5. The summed E-state index contributed by atoms with van der Waals surface area (Å²) >= 11 is 0. The average molecular weight is 323 g/mol. The highest BCUT2D eigenvalue weighted by Gasteiger charge is 2.38. The Labute approximate surface area is 132 Å². The molecule has 1 saturated heterocycles. The molecule has 1 amide bonds. The minimum Gasteiger partial charge on any atom is -0.481 e. The molecule has 1 fully saturated rings. The lowest BCUT2D eigenvalue weighted by Crippen LogP contribution is -2.37. The molecule has 8 nitrogen and oxygen atoms in total. The lowest BCUT2D eigenvalue weighted by Gasteiger charge is -2.16. The molecule has 2 N–H and O–H groups in total. The van der Waals surface area contributed by atoms with Gasteiger partial charge in [0.1, 0.15) is 0 Å². The van der Waals surface area contributed by atoms with E-state index >= 15 is 0 Å². The van der Waals surface area contributed by atoms with E-state index in [2.05, 4.69) is 4.98 Å². The van der Waals surface area contributed by atoms with E-state index in [1.807, 2.05) is 6.92 Å². The number of amides is 1. The van der Waals surface area contributed by atoms with Crippen molar-refractivity contribution in [2.75, 3.05) is 13.1 Å². The van der Waals surface area contributed by atoms with Gasteiger partial charge in [0.15, 0.2) is 0 Å². The van der Waals surface area contributed by atoms with Crippen LogP contribution in [-0.4, -0.2) is 44.5 Å². The monoisotopic (exact) mass is 323 g/mol. The second-order valence-corrected chi connectivity index (χ2v) is 5.95. The number of carbonyl (C=O) groups is 2. The Morgan fingerprint density at radius 3 is 2.65 bits per heavy atom. The molecule has 0 aliphatic carbocycles. The number of carboxylic acid groups (broad SMARTS) is 1. The van der Waals surface area contributed by atoms with Gasteiger partial charge in [-0.1, -0.05) is 13.3 Å². The Balaban J connectivity index is 2.13. The number of hydrogen-bond acceptors (Lipinski definition) is 4. The number of nitrogens with zero attached hydrogens (tertiary/aromatic N) is 2. The van der Waals surface area contributed by atoms with Gasteiger partial charge in [-0.2, -0.15) is 0 Å². The highest BCUT2D eigenvalue weighted by atomic mass is 16.4. The van der Waals surface area contributed by atoms with Crippen LogP contribution >= 0.6 is 0 Å². The summed E-state index contributed by atoms with van der Waals surface area (Å²) in [6.45, 7) is 2.54. The number of H-pyrrole nitrogens is 1. The fourth-order valence-electron chi connectivity index (χ4n) is 3.03. The van der Waals surface area contributed by atoms with Crippen LogP contribution in [-0.2, 0) is 23.1 Å².